The van der Waals surface area contributed by atoms with E-state index in [-0.39, 0.29) is 5.97 Å². The van der Waals surface area contributed by atoms with Crippen molar-refractivity contribution < 1.29 is 13.9 Å². The van der Waals surface area contributed by atoms with Gasteiger partial charge in [0.1, 0.15) is 11.3 Å². The van der Waals surface area contributed by atoms with Gasteiger partial charge in [0.05, 0.1) is 12.9 Å². The van der Waals surface area contributed by atoms with E-state index in [0.29, 0.717) is 6.61 Å². The highest BCUT2D eigenvalue weighted by Gasteiger charge is 2.42. The van der Waals surface area contributed by atoms with Crippen LogP contribution in [0.25, 0.3) is 0 Å². The third-order valence-corrected chi connectivity index (χ3v) is 4.79. The molecule has 5 heteroatoms. The van der Waals surface area contributed by atoms with Crippen molar-refractivity contribution in [2.24, 2.45) is 0 Å². The van der Waals surface area contributed by atoms with E-state index in [9.17, 15) is 4.79 Å². The molecule has 0 saturated carbocycles. The van der Waals surface area contributed by atoms with Gasteiger partial charge in [-0.15, -0.1) is 0 Å². The number of hydrogen-bond donors (Lipinski definition) is 1. The smallest absolute Gasteiger partial charge is 0.331 e. The topological polar surface area (TPSA) is 54.7 Å². The summed E-state index contributed by atoms with van der Waals surface area (Å²) in [4.78, 5) is 15.0. The third-order valence-electron chi connectivity index (χ3n) is 4.79. The average Bonchev–Trinajstić information content (AvgIpc) is 3.16. The van der Waals surface area contributed by atoms with E-state index in [1.165, 1.54) is 0 Å². The number of carbonyl (C=O) groups is 1. The van der Waals surface area contributed by atoms with Gasteiger partial charge in [0, 0.05) is 31.7 Å². The van der Waals surface area contributed by atoms with Crippen molar-refractivity contribution in [1.82, 2.24) is 4.90 Å². The molecule has 3 rings (SSSR count). The molecule has 0 bridgehead atoms. The van der Waals surface area contributed by atoms with Crippen molar-refractivity contribution in [3.05, 3.63) is 54.5 Å². The molecule has 2 heterocycles. The first-order valence-corrected chi connectivity index (χ1v) is 8.97. The first-order valence-electron chi connectivity index (χ1n) is 8.97. The lowest BCUT2D eigenvalue weighted by atomic mass is 9.87. The van der Waals surface area contributed by atoms with Crippen LogP contribution < -0.4 is 5.32 Å². The average molecular weight is 342 g/mol. The van der Waals surface area contributed by atoms with E-state index in [1.807, 2.05) is 49.4 Å². The summed E-state index contributed by atoms with van der Waals surface area (Å²) in [5.74, 6) is 0.856. The van der Waals surface area contributed by atoms with Gasteiger partial charge in [-0.25, -0.2) is 4.79 Å². The van der Waals surface area contributed by atoms with Crippen LogP contribution in [0.5, 0.6) is 0 Å². The number of ether oxygens (including phenoxy) is 1. The molecule has 25 heavy (non-hydrogen) atoms. The SMILES string of the molecule is CCOC(=O)C1(Nc2ccccc2)CCN(CCc2ccco2)CC1. The minimum Gasteiger partial charge on any atom is -0.469 e. The standard InChI is InChI=1S/C20H26N2O3/c1-2-24-19(23)20(21-17-7-4-3-5-8-17)11-14-22(15-12-20)13-10-18-9-6-16-25-18/h3-9,16,21H,2,10-15H2,1H3. The summed E-state index contributed by atoms with van der Waals surface area (Å²) in [6.45, 7) is 4.92. The highest BCUT2D eigenvalue weighted by Crippen LogP contribution is 2.29. The van der Waals surface area contributed by atoms with Gasteiger partial charge in [0.25, 0.3) is 0 Å². The molecule has 1 N–H and O–H groups in total. The second-order valence-electron chi connectivity index (χ2n) is 6.46. The number of carbonyl (C=O) groups excluding carboxylic acids is 1. The molecule has 1 fully saturated rings. The Morgan fingerprint density at radius 3 is 2.60 bits per heavy atom. The van der Waals surface area contributed by atoms with Crippen LogP contribution in [0, 0.1) is 0 Å². The number of likely N-dealkylation sites (tertiary alicyclic amines) is 1. The van der Waals surface area contributed by atoms with E-state index >= 15 is 0 Å². The number of rotatable bonds is 7. The van der Waals surface area contributed by atoms with E-state index in [2.05, 4.69) is 10.2 Å². The second-order valence-corrected chi connectivity index (χ2v) is 6.46. The molecule has 134 valence electrons. The molecule has 1 saturated heterocycles. The Bertz CT molecular complexity index is 647. The molecular weight excluding hydrogens is 316 g/mol. The van der Waals surface area contributed by atoms with Gasteiger partial charge in [-0.3, -0.25) is 0 Å². The first-order chi connectivity index (χ1) is 12.2. The van der Waals surface area contributed by atoms with Crippen LogP contribution in [-0.4, -0.2) is 42.6 Å². The fourth-order valence-electron chi connectivity index (χ4n) is 3.33. The maximum Gasteiger partial charge on any atom is 0.331 e. The predicted molar refractivity (Wildman–Crippen MR) is 97.5 cm³/mol. The lowest BCUT2D eigenvalue weighted by Gasteiger charge is -2.41. The largest absolute Gasteiger partial charge is 0.469 e. The maximum absolute atomic E-state index is 12.7. The van der Waals surface area contributed by atoms with Gasteiger partial charge in [0.15, 0.2) is 0 Å². The van der Waals surface area contributed by atoms with E-state index in [4.69, 9.17) is 9.15 Å². The van der Waals surface area contributed by atoms with Crippen LogP contribution in [0.1, 0.15) is 25.5 Å². The molecule has 0 spiro atoms. The third kappa shape index (κ3) is 4.42. The molecule has 0 aliphatic carbocycles. The Balaban J connectivity index is 1.62. The Morgan fingerprint density at radius 2 is 1.96 bits per heavy atom. The van der Waals surface area contributed by atoms with Crippen LogP contribution in [-0.2, 0) is 16.0 Å². The molecule has 0 atom stereocenters. The zero-order chi connectivity index (χ0) is 17.5. The number of nitrogens with one attached hydrogen (secondary N) is 1. The normalized spacial score (nSPS) is 17.2. The Morgan fingerprint density at radius 1 is 1.20 bits per heavy atom. The Hall–Kier alpha value is -2.27. The van der Waals surface area contributed by atoms with E-state index < -0.39 is 5.54 Å². The number of esters is 1. The number of piperidine rings is 1. The van der Waals surface area contributed by atoms with Gasteiger partial charge in [-0.2, -0.15) is 0 Å². The van der Waals surface area contributed by atoms with Crippen molar-refractivity contribution in [2.45, 2.75) is 31.7 Å². The summed E-state index contributed by atoms with van der Waals surface area (Å²) in [5.41, 5.74) is 0.318. The molecule has 1 aliphatic heterocycles. The summed E-state index contributed by atoms with van der Waals surface area (Å²) in [6.07, 6.45) is 4.07. The minimum atomic E-state index is -0.640. The molecule has 0 amide bonds. The van der Waals surface area contributed by atoms with Crippen LogP contribution in [0.3, 0.4) is 0 Å². The van der Waals surface area contributed by atoms with Crippen molar-refractivity contribution in [2.75, 3.05) is 31.6 Å². The number of hydrogen-bond acceptors (Lipinski definition) is 5. The Kier molecular flexibility index (Phi) is 5.76. The second kappa shape index (κ2) is 8.21. The summed E-state index contributed by atoms with van der Waals surface area (Å²) in [7, 11) is 0. The maximum atomic E-state index is 12.7. The molecule has 0 radical (unpaired) electrons. The lowest BCUT2D eigenvalue weighted by Crippen LogP contribution is -2.55. The van der Waals surface area contributed by atoms with Crippen LogP contribution in [0.4, 0.5) is 5.69 Å². The van der Waals surface area contributed by atoms with Crippen molar-refractivity contribution in [3.63, 3.8) is 0 Å². The summed E-state index contributed by atoms with van der Waals surface area (Å²) in [5, 5.41) is 3.45. The quantitative estimate of drug-likeness (QED) is 0.782. The number of nitrogens with zero attached hydrogens (tertiary/aromatic N) is 1. The van der Waals surface area contributed by atoms with Gasteiger partial charge in [-0.1, -0.05) is 18.2 Å². The molecular formula is C20H26N2O3. The molecule has 5 nitrogen and oxygen atoms in total. The van der Waals surface area contributed by atoms with Crippen LogP contribution in [0.2, 0.25) is 0 Å². The summed E-state index contributed by atoms with van der Waals surface area (Å²) < 4.78 is 10.8. The molecule has 1 aromatic carbocycles. The van der Waals surface area contributed by atoms with Crippen LogP contribution >= 0.6 is 0 Å². The number of benzene rings is 1. The van der Waals surface area contributed by atoms with Crippen LogP contribution in [0.15, 0.2) is 53.1 Å². The molecule has 1 aliphatic rings. The number of para-hydroxylation sites is 1. The van der Waals surface area contributed by atoms with Gasteiger partial charge in [-0.05, 0) is 44.0 Å². The fourth-order valence-corrected chi connectivity index (χ4v) is 3.33. The van der Waals surface area contributed by atoms with Crippen molar-refractivity contribution in [3.8, 4) is 0 Å². The highest BCUT2D eigenvalue weighted by molar-refractivity contribution is 5.84. The van der Waals surface area contributed by atoms with Gasteiger partial charge in [0.2, 0.25) is 0 Å². The highest BCUT2D eigenvalue weighted by atomic mass is 16.5. The summed E-state index contributed by atoms with van der Waals surface area (Å²) in [6, 6.07) is 13.8. The minimum absolute atomic E-state index is 0.149. The van der Waals surface area contributed by atoms with Gasteiger partial charge < -0.3 is 19.4 Å². The monoisotopic (exact) mass is 342 g/mol. The van der Waals surface area contributed by atoms with Crippen molar-refractivity contribution in [1.29, 1.82) is 0 Å². The predicted octanol–water partition coefficient (Wildman–Crippen LogP) is 3.33. The first kappa shape index (κ1) is 17.5. The number of anilines is 1. The Labute approximate surface area is 149 Å². The number of furan rings is 1. The molecule has 1 aromatic heterocycles. The van der Waals surface area contributed by atoms with Gasteiger partial charge >= 0.3 is 5.97 Å². The zero-order valence-corrected chi connectivity index (χ0v) is 14.7. The van der Waals surface area contributed by atoms with E-state index in [0.717, 1.165) is 50.3 Å². The molecule has 0 unspecified atom stereocenters. The van der Waals surface area contributed by atoms with E-state index in [1.54, 1.807) is 6.26 Å². The lowest BCUT2D eigenvalue weighted by molar-refractivity contribution is -0.150. The van der Waals surface area contributed by atoms with Crippen molar-refractivity contribution >= 4 is 11.7 Å². The molecule has 2 aromatic rings. The zero-order valence-electron chi connectivity index (χ0n) is 14.7. The fraction of sp³-hybridized carbons (Fsp3) is 0.450. The summed E-state index contributed by atoms with van der Waals surface area (Å²) >= 11 is 0.